The van der Waals surface area contributed by atoms with Crippen LogP contribution in [0.3, 0.4) is 0 Å². The van der Waals surface area contributed by atoms with Gasteiger partial charge in [0.05, 0.1) is 5.69 Å². The first-order valence-electron chi connectivity index (χ1n) is 9.07. The third-order valence-electron chi connectivity index (χ3n) is 4.84. The molecule has 1 aliphatic rings. The Morgan fingerprint density at radius 1 is 1.11 bits per heavy atom. The quantitative estimate of drug-likeness (QED) is 0.671. The molecule has 2 aromatic carbocycles. The highest BCUT2D eigenvalue weighted by molar-refractivity contribution is 6.39. The van der Waals surface area contributed by atoms with Crippen LogP contribution in [-0.4, -0.2) is 33.0 Å². The lowest BCUT2D eigenvalue weighted by atomic mass is 9.96. The molecule has 142 valence electrons. The van der Waals surface area contributed by atoms with E-state index >= 15 is 0 Å². The molecule has 0 fully saturated rings. The van der Waals surface area contributed by atoms with Gasteiger partial charge in [-0.1, -0.05) is 42.0 Å². The van der Waals surface area contributed by atoms with Gasteiger partial charge in [-0.05, 0) is 30.2 Å². The summed E-state index contributed by atoms with van der Waals surface area (Å²) in [6.07, 6.45) is 1.73. The van der Waals surface area contributed by atoms with Crippen LogP contribution in [0.15, 0.2) is 60.8 Å². The SMILES string of the molecule is Cc1ccc(-n2ccc(NC(=O)C(=O)N3Cc4ccccc4C(N)C3)n2)cc1. The number of aromatic nitrogens is 2. The zero-order valence-corrected chi connectivity index (χ0v) is 15.5. The van der Waals surface area contributed by atoms with Gasteiger partial charge in [0, 0.05) is 31.4 Å². The minimum absolute atomic E-state index is 0.303. The summed E-state index contributed by atoms with van der Waals surface area (Å²) in [5.74, 6) is -1.02. The topological polar surface area (TPSA) is 93.2 Å². The molecule has 0 saturated heterocycles. The van der Waals surface area contributed by atoms with E-state index in [1.54, 1.807) is 16.9 Å². The average molecular weight is 375 g/mol. The van der Waals surface area contributed by atoms with Gasteiger partial charge in [-0.25, -0.2) is 4.68 Å². The number of nitrogens with zero attached hydrogens (tertiary/aromatic N) is 3. The molecule has 2 heterocycles. The fourth-order valence-corrected chi connectivity index (χ4v) is 3.35. The van der Waals surface area contributed by atoms with Crippen molar-refractivity contribution in [3.63, 3.8) is 0 Å². The molecule has 1 aliphatic heterocycles. The van der Waals surface area contributed by atoms with E-state index in [9.17, 15) is 9.59 Å². The minimum Gasteiger partial charge on any atom is -0.328 e. The van der Waals surface area contributed by atoms with Gasteiger partial charge < -0.3 is 16.0 Å². The lowest BCUT2D eigenvalue weighted by Crippen LogP contribution is -2.45. The van der Waals surface area contributed by atoms with Crippen molar-refractivity contribution in [3.8, 4) is 5.69 Å². The Hall–Kier alpha value is -3.45. The first kappa shape index (κ1) is 17.9. The highest BCUT2D eigenvalue weighted by Gasteiger charge is 2.29. The summed E-state index contributed by atoms with van der Waals surface area (Å²) in [7, 11) is 0. The number of aryl methyl sites for hydroxylation is 1. The van der Waals surface area contributed by atoms with Crippen LogP contribution in [0.5, 0.6) is 0 Å². The Morgan fingerprint density at radius 3 is 2.64 bits per heavy atom. The second kappa shape index (κ2) is 7.28. The van der Waals surface area contributed by atoms with Gasteiger partial charge in [-0.15, -0.1) is 0 Å². The van der Waals surface area contributed by atoms with Crippen LogP contribution in [0.25, 0.3) is 5.69 Å². The van der Waals surface area contributed by atoms with E-state index in [1.807, 2.05) is 55.5 Å². The summed E-state index contributed by atoms with van der Waals surface area (Å²) in [4.78, 5) is 26.5. The van der Waals surface area contributed by atoms with Gasteiger partial charge in [0.2, 0.25) is 0 Å². The molecule has 2 amide bonds. The molecule has 0 saturated carbocycles. The van der Waals surface area contributed by atoms with Gasteiger partial charge in [-0.2, -0.15) is 5.10 Å². The smallest absolute Gasteiger partial charge is 0.315 e. The van der Waals surface area contributed by atoms with Crippen molar-refractivity contribution >= 4 is 17.6 Å². The standard InChI is InChI=1S/C21H21N5O2/c1-14-6-8-16(9-7-14)26-11-10-19(24-26)23-20(27)21(28)25-12-15-4-2-3-5-17(15)18(22)13-25/h2-11,18H,12-13,22H2,1H3,(H,23,24,27). The number of amides is 2. The number of rotatable bonds is 2. The number of fused-ring (bicyclic) bond motifs is 1. The number of nitrogens with one attached hydrogen (secondary N) is 1. The summed E-state index contributed by atoms with van der Waals surface area (Å²) < 4.78 is 1.65. The summed E-state index contributed by atoms with van der Waals surface area (Å²) in [6.45, 7) is 2.68. The van der Waals surface area contributed by atoms with E-state index in [2.05, 4.69) is 10.4 Å². The van der Waals surface area contributed by atoms with Gasteiger partial charge >= 0.3 is 11.8 Å². The molecule has 1 unspecified atom stereocenters. The van der Waals surface area contributed by atoms with Gasteiger partial charge in [0.15, 0.2) is 5.82 Å². The molecule has 3 N–H and O–H groups in total. The summed E-state index contributed by atoms with van der Waals surface area (Å²) in [6, 6.07) is 16.9. The zero-order chi connectivity index (χ0) is 19.7. The normalized spacial score (nSPS) is 15.8. The molecule has 0 spiro atoms. The second-order valence-electron chi connectivity index (χ2n) is 6.93. The molecule has 3 aromatic rings. The third kappa shape index (κ3) is 3.52. The van der Waals surface area contributed by atoms with E-state index in [1.165, 1.54) is 4.90 Å². The van der Waals surface area contributed by atoms with Crippen LogP contribution >= 0.6 is 0 Å². The Kier molecular flexibility index (Phi) is 4.67. The van der Waals surface area contributed by atoms with Crippen molar-refractivity contribution in [1.82, 2.24) is 14.7 Å². The lowest BCUT2D eigenvalue weighted by Gasteiger charge is -2.32. The monoisotopic (exact) mass is 375 g/mol. The average Bonchev–Trinajstić information content (AvgIpc) is 3.16. The number of carbonyl (C=O) groups excluding carboxylic acids is 2. The van der Waals surface area contributed by atoms with Crippen molar-refractivity contribution in [2.45, 2.75) is 19.5 Å². The first-order valence-corrected chi connectivity index (χ1v) is 9.07. The van der Waals surface area contributed by atoms with Crippen molar-refractivity contribution < 1.29 is 9.59 Å². The Morgan fingerprint density at radius 2 is 1.86 bits per heavy atom. The molecule has 1 atom stereocenters. The molecule has 28 heavy (non-hydrogen) atoms. The van der Waals surface area contributed by atoms with Crippen molar-refractivity contribution in [3.05, 3.63) is 77.5 Å². The zero-order valence-electron chi connectivity index (χ0n) is 15.5. The minimum atomic E-state index is -0.722. The molecule has 0 bridgehead atoms. The highest BCUT2D eigenvalue weighted by Crippen LogP contribution is 2.24. The number of carbonyl (C=O) groups is 2. The number of benzene rings is 2. The number of hydrogen-bond donors (Lipinski definition) is 2. The van der Waals surface area contributed by atoms with Gasteiger partial charge in [0.1, 0.15) is 0 Å². The van der Waals surface area contributed by atoms with E-state index in [4.69, 9.17) is 5.73 Å². The maximum Gasteiger partial charge on any atom is 0.315 e. The third-order valence-corrected chi connectivity index (χ3v) is 4.84. The van der Waals surface area contributed by atoms with Crippen LogP contribution in [0.1, 0.15) is 22.7 Å². The molecular formula is C21H21N5O2. The van der Waals surface area contributed by atoms with Crippen LogP contribution in [0, 0.1) is 6.92 Å². The van der Waals surface area contributed by atoms with Crippen LogP contribution < -0.4 is 11.1 Å². The number of anilines is 1. The Bertz CT molecular complexity index is 1030. The van der Waals surface area contributed by atoms with E-state index < -0.39 is 11.8 Å². The molecule has 7 heteroatoms. The maximum atomic E-state index is 12.6. The predicted octanol–water partition coefficient (Wildman–Crippen LogP) is 2.16. The van der Waals surface area contributed by atoms with Crippen molar-refractivity contribution in [1.29, 1.82) is 0 Å². The van der Waals surface area contributed by atoms with Crippen molar-refractivity contribution in [2.75, 3.05) is 11.9 Å². The van der Waals surface area contributed by atoms with Crippen molar-refractivity contribution in [2.24, 2.45) is 5.73 Å². The fraction of sp³-hybridized carbons (Fsp3) is 0.190. The summed E-state index contributed by atoms with van der Waals surface area (Å²) in [5.41, 5.74) is 10.2. The Balaban J connectivity index is 1.44. The number of hydrogen-bond acceptors (Lipinski definition) is 4. The van der Waals surface area contributed by atoms with Gasteiger partial charge in [0.25, 0.3) is 0 Å². The first-order chi connectivity index (χ1) is 13.5. The largest absolute Gasteiger partial charge is 0.328 e. The maximum absolute atomic E-state index is 12.6. The highest BCUT2D eigenvalue weighted by atomic mass is 16.2. The predicted molar refractivity (Wildman–Crippen MR) is 106 cm³/mol. The fourth-order valence-electron chi connectivity index (χ4n) is 3.35. The van der Waals surface area contributed by atoms with Crippen LogP contribution in [0.2, 0.25) is 0 Å². The molecule has 4 rings (SSSR count). The summed E-state index contributed by atoms with van der Waals surface area (Å²) >= 11 is 0. The van der Waals surface area contributed by atoms with Gasteiger partial charge in [-0.3, -0.25) is 9.59 Å². The number of nitrogens with two attached hydrogens (primary N) is 1. The molecule has 1 aromatic heterocycles. The second-order valence-corrected chi connectivity index (χ2v) is 6.93. The van der Waals surface area contributed by atoms with Crippen LogP contribution in [0.4, 0.5) is 5.82 Å². The van der Waals surface area contributed by atoms with E-state index in [-0.39, 0.29) is 6.04 Å². The van der Waals surface area contributed by atoms with E-state index in [0.29, 0.717) is 18.9 Å². The van der Waals surface area contributed by atoms with Crippen LogP contribution in [-0.2, 0) is 16.1 Å². The Labute approximate surface area is 162 Å². The molecule has 0 radical (unpaired) electrons. The summed E-state index contributed by atoms with van der Waals surface area (Å²) in [5, 5.41) is 6.89. The lowest BCUT2D eigenvalue weighted by molar-refractivity contribution is -0.144. The molecule has 0 aliphatic carbocycles. The van der Waals surface area contributed by atoms with E-state index in [0.717, 1.165) is 22.4 Å². The molecular weight excluding hydrogens is 354 g/mol. The molecule has 7 nitrogen and oxygen atoms in total.